The number of amides is 1. The van der Waals surface area contributed by atoms with Crippen LogP contribution in [0.25, 0.3) is 0 Å². The molecule has 17 heavy (non-hydrogen) atoms. The molecule has 0 radical (unpaired) electrons. The van der Waals surface area contributed by atoms with Crippen molar-refractivity contribution in [2.45, 2.75) is 31.6 Å². The highest BCUT2D eigenvalue weighted by Crippen LogP contribution is 2.23. The predicted molar refractivity (Wildman–Crippen MR) is 70.3 cm³/mol. The second-order valence-electron chi connectivity index (χ2n) is 4.69. The topological polar surface area (TPSA) is 29.1 Å². The minimum atomic E-state index is 0.0259. The molecule has 1 aromatic rings. The zero-order valence-electron chi connectivity index (χ0n) is 9.92. The predicted octanol–water partition coefficient (Wildman–Crippen LogP) is 3.35. The molecule has 0 spiro atoms. The molecule has 0 aliphatic heterocycles. The second-order valence-corrected chi connectivity index (χ2v) is 4.96. The van der Waals surface area contributed by atoms with Crippen LogP contribution in [0.1, 0.15) is 41.6 Å². The van der Waals surface area contributed by atoms with Crippen molar-refractivity contribution in [2.75, 3.05) is 6.54 Å². The summed E-state index contributed by atoms with van der Waals surface area (Å²) in [5.74, 6) is 1.20. The van der Waals surface area contributed by atoms with E-state index in [1.165, 1.54) is 25.7 Å². The molecular weight excluding hydrogens is 234 g/mol. The third-order valence-corrected chi connectivity index (χ3v) is 3.71. The van der Waals surface area contributed by atoms with Gasteiger partial charge in [-0.25, -0.2) is 0 Å². The third kappa shape index (κ3) is 3.47. The monoisotopic (exact) mass is 251 g/mol. The molecule has 0 heterocycles. The lowest BCUT2D eigenvalue weighted by Gasteiger charge is -2.10. The molecule has 0 aromatic heterocycles. The van der Waals surface area contributed by atoms with Gasteiger partial charge in [0, 0.05) is 18.0 Å². The standard InChI is InChI=1S/C14H18ClNO/c15-9-11-5-7-13(8-6-11)14(17)16-10-12-3-1-2-4-12/h5-8,12H,1-4,9-10H2,(H,16,17). The van der Waals surface area contributed by atoms with E-state index in [4.69, 9.17) is 11.6 Å². The molecule has 0 unspecified atom stereocenters. The van der Waals surface area contributed by atoms with Gasteiger partial charge in [0.15, 0.2) is 0 Å². The van der Waals surface area contributed by atoms with Gasteiger partial charge in [0.05, 0.1) is 0 Å². The molecule has 1 fully saturated rings. The Labute approximate surface area is 107 Å². The lowest BCUT2D eigenvalue weighted by Crippen LogP contribution is -2.28. The van der Waals surface area contributed by atoms with E-state index in [1.54, 1.807) is 0 Å². The first-order chi connectivity index (χ1) is 8.29. The number of benzene rings is 1. The van der Waals surface area contributed by atoms with Crippen molar-refractivity contribution < 1.29 is 4.79 Å². The van der Waals surface area contributed by atoms with Crippen molar-refractivity contribution in [1.82, 2.24) is 5.32 Å². The first-order valence-corrected chi connectivity index (χ1v) is 6.76. The summed E-state index contributed by atoms with van der Waals surface area (Å²) in [7, 11) is 0. The zero-order valence-corrected chi connectivity index (χ0v) is 10.7. The van der Waals surface area contributed by atoms with E-state index in [2.05, 4.69) is 5.32 Å². The summed E-state index contributed by atoms with van der Waals surface area (Å²) in [6.07, 6.45) is 5.13. The zero-order chi connectivity index (χ0) is 12.1. The van der Waals surface area contributed by atoms with E-state index in [1.807, 2.05) is 24.3 Å². The maximum absolute atomic E-state index is 11.9. The Morgan fingerprint density at radius 3 is 2.47 bits per heavy atom. The van der Waals surface area contributed by atoms with E-state index in [-0.39, 0.29) is 5.91 Å². The van der Waals surface area contributed by atoms with Crippen molar-refractivity contribution in [1.29, 1.82) is 0 Å². The second kappa shape index (κ2) is 6.06. The summed E-state index contributed by atoms with van der Waals surface area (Å²) in [4.78, 5) is 11.9. The Morgan fingerprint density at radius 2 is 1.88 bits per heavy atom. The summed E-state index contributed by atoms with van der Waals surface area (Å²) in [6, 6.07) is 7.47. The number of hydrogen-bond donors (Lipinski definition) is 1. The molecule has 1 aromatic carbocycles. The maximum Gasteiger partial charge on any atom is 0.251 e. The van der Waals surface area contributed by atoms with Crippen molar-refractivity contribution in [3.8, 4) is 0 Å². The first-order valence-electron chi connectivity index (χ1n) is 6.22. The van der Waals surface area contributed by atoms with Gasteiger partial charge >= 0.3 is 0 Å². The average Bonchev–Trinajstić information content (AvgIpc) is 2.89. The third-order valence-electron chi connectivity index (χ3n) is 3.40. The van der Waals surface area contributed by atoms with Gasteiger partial charge in [-0.3, -0.25) is 4.79 Å². The Morgan fingerprint density at radius 1 is 1.24 bits per heavy atom. The lowest BCUT2D eigenvalue weighted by atomic mass is 10.1. The molecule has 2 nitrogen and oxygen atoms in total. The Bertz CT molecular complexity index is 368. The van der Waals surface area contributed by atoms with E-state index >= 15 is 0 Å². The smallest absolute Gasteiger partial charge is 0.251 e. The van der Waals surface area contributed by atoms with Crippen LogP contribution in [0.5, 0.6) is 0 Å². The van der Waals surface area contributed by atoms with Crippen LogP contribution in [0.15, 0.2) is 24.3 Å². The Kier molecular flexibility index (Phi) is 4.43. The van der Waals surface area contributed by atoms with E-state index in [0.29, 0.717) is 11.8 Å². The van der Waals surface area contributed by atoms with Crippen LogP contribution in [0.2, 0.25) is 0 Å². The highest BCUT2D eigenvalue weighted by molar-refractivity contribution is 6.17. The molecule has 1 aliphatic rings. The minimum absolute atomic E-state index is 0.0259. The summed E-state index contributed by atoms with van der Waals surface area (Å²) in [6.45, 7) is 0.816. The van der Waals surface area contributed by atoms with Gasteiger partial charge < -0.3 is 5.32 Å². The van der Waals surface area contributed by atoms with Crippen molar-refractivity contribution in [3.05, 3.63) is 35.4 Å². The fraction of sp³-hybridized carbons (Fsp3) is 0.500. The average molecular weight is 252 g/mol. The number of halogens is 1. The highest BCUT2D eigenvalue weighted by atomic mass is 35.5. The van der Waals surface area contributed by atoms with Crippen LogP contribution in [0.4, 0.5) is 0 Å². The lowest BCUT2D eigenvalue weighted by molar-refractivity contribution is 0.0947. The van der Waals surface area contributed by atoms with Gasteiger partial charge in [-0.1, -0.05) is 25.0 Å². The molecule has 3 heteroatoms. The number of nitrogens with one attached hydrogen (secondary N) is 1. The highest BCUT2D eigenvalue weighted by Gasteiger charge is 2.15. The molecular formula is C14H18ClNO. The molecule has 1 N–H and O–H groups in total. The van der Waals surface area contributed by atoms with Crippen molar-refractivity contribution in [2.24, 2.45) is 5.92 Å². The summed E-state index contributed by atoms with van der Waals surface area (Å²) in [5.41, 5.74) is 1.76. The van der Waals surface area contributed by atoms with Gasteiger partial charge in [-0.05, 0) is 36.5 Å². The number of hydrogen-bond acceptors (Lipinski definition) is 1. The van der Waals surface area contributed by atoms with Gasteiger partial charge in [0.2, 0.25) is 0 Å². The van der Waals surface area contributed by atoms with Crippen molar-refractivity contribution >= 4 is 17.5 Å². The summed E-state index contributed by atoms with van der Waals surface area (Å²) in [5, 5.41) is 3.01. The molecule has 0 saturated heterocycles. The molecule has 2 rings (SSSR count). The largest absolute Gasteiger partial charge is 0.352 e. The molecule has 1 amide bonds. The van der Waals surface area contributed by atoms with Crippen LogP contribution >= 0.6 is 11.6 Å². The quantitative estimate of drug-likeness (QED) is 0.817. The fourth-order valence-electron chi connectivity index (χ4n) is 2.30. The number of carbonyl (C=O) groups is 1. The van der Waals surface area contributed by atoms with E-state index < -0.39 is 0 Å². The summed E-state index contributed by atoms with van der Waals surface area (Å²) >= 11 is 5.71. The molecule has 1 aliphatic carbocycles. The van der Waals surface area contributed by atoms with Crippen LogP contribution in [-0.2, 0) is 5.88 Å². The van der Waals surface area contributed by atoms with Gasteiger partial charge in [0.1, 0.15) is 0 Å². The minimum Gasteiger partial charge on any atom is -0.352 e. The number of rotatable bonds is 4. The van der Waals surface area contributed by atoms with Gasteiger partial charge in [0.25, 0.3) is 5.91 Å². The number of carbonyl (C=O) groups excluding carboxylic acids is 1. The normalized spacial score (nSPS) is 16.1. The molecule has 92 valence electrons. The summed E-state index contributed by atoms with van der Waals surface area (Å²) < 4.78 is 0. The van der Waals surface area contributed by atoms with Crippen molar-refractivity contribution in [3.63, 3.8) is 0 Å². The van der Waals surface area contributed by atoms with Crippen LogP contribution in [0, 0.1) is 5.92 Å². The van der Waals surface area contributed by atoms with Crippen LogP contribution in [-0.4, -0.2) is 12.5 Å². The molecule has 0 atom stereocenters. The maximum atomic E-state index is 11.9. The van der Waals surface area contributed by atoms with E-state index in [0.717, 1.165) is 17.7 Å². The van der Waals surface area contributed by atoms with Crippen LogP contribution < -0.4 is 5.32 Å². The van der Waals surface area contributed by atoms with E-state index in [9.17, 15) is 4.79 Å². The number of alkyl halides is 1. The Hall–Kier alpha value is -1.02. The first kappa shape index (κ1) is 12.4. The van der Waals surface area contributed by atoms with Crippen LogP contribution in [0.3, 0.4) is 0 Å². The fourth-order valence-corrected chi connectivity index (χ4v) is 2.48. The SMILES string of the molecule is O=C(NCC1CCCC1)c1ccc(CCl)cc1. The van der Waals surface area contributed by atoms with Gasteiger partial charge in [-0.2, -0.15) is 0 Å². The Balaban J connectivity index is 1.85. The van der Waals surface area contributed by atoms with Gasteiger partial charge in [-0.15, -0.1) is 11.6 Å². The molecule has 0 bridgehead atoms. The molecule has 1 saturated carbocycles.